The highest BCUT2D eigenvalue weighted by Gasteiger charge is 2.38. The number of carbonyl (C=O) groups excluding carboxylic acids is 1. The smallest absolute Gasteiger partial charge is 0.475 e. The molecule has 3 N–H and O–H groups in total. The highest BCUT2D eigenvalue weighted by molar-refractivity contribution is 7.14. The first-order valence-corrected chi connectivity index (χ1v) is 9.36. The van der Waals surface area contributed by atoms with Crippen LogP contribution >= 0.6 is 22.7 Å². The maximum absolute atomic E-state index is 12.9. The van der Waals surface area contributed by atoms with Crippen LogP contribution in [0, 0.1) is 5.82 Å². The number of nitrogens with zero attached hydrogens (tertiary/aromatic N) is 2. The van der Waals surface area contributed by atoms with Crippen molar-refractivity contribution in [3.8, 4) is 11.3 Å². The zero-order valence-electron chi connectivity index (χ0n) is 14.2. The van der Waals surface area contributed by atoms with E-state index in [4.69, 9.17) is 9.90 Å². The molecule has 0 aliphatic carbocycles. The molecular formula is C16H12F4N4O3S2. The number of amides is 1. The van der Waals surface area contributed by atoms with E-state index in [1.807, 2.05) is 5.38 Å². The second kappa shape index (κ2) is 9.93. The lowest BCUT2D eigenvalue weighted by molar-refractivity contribution is -0.192. The van der Waals surface area contributed by atoms with Crippen LogP contribution in [-0.2, 0) is 9.59 Å². The molecule has 0 atom stereocenters. The van der Waals surface area contributed by atoms with E-state index in [1.165, 1.54) is 34.8 Å². The van der Waals surface area contributed by atoms with Crippen molar-refractivity contribution >= 4 is 44.8 Å². The summed E-state index contributed by atoms with van der Waals surface area (Å²) >= 11 is 2.75. The summed E-state index contributed by atoms with van der Waals surface area (Å²) in [6.45, 7) is 0.107. The highest BCUT2D eigenvalue weighted by Crippen LogP contribution is 2.24. The molecule has 0 saturated heterocycles. The maximum atomic E-state index is 12.9. The molecule has 0 bridgehead atoms. The normalized spacial score (nSPS) is 10.6. The fourth-order valence-corrected chi connectivity index (χ4v) is 2.98. The van der Waals surface area contributed by atoms with Crippen LogP contribution in [-0.4, -0.2) is 39.7 Å². The molecule has 3 aromatic rings. The quantitative estimate of drug-likeness (QED) is 0.508. The molecule has 0 saturated carbocycles. The Bertz CT molecular complexity index is 944. The number of carbonyl (C=O) groups is 2. The molecule has 0 unspecified atom stereocenters. The number of anilines is 2. The van der Waals surface area contributed by atoms with E-state index in [0.717, 1.165) is 11.3 Å². The third kappa shape index (κ3) is 7.46. The van der Waals surface area contributed by atoms with Crippen LogP contribution in [0.3, 0.4) is 0 Å². The number of rotatable bonds is 5. The number of benzene rings is 1. The number of halogens is 4. The van der Waals surface area contributed by atoms with Gasteiger partial charge in [0.05, 0.1) is 12.2 Å². The van der Waals surface area contributed by atoms with E-state index >= 15 is 0 Å². The van der Waals surface area contributed by atoms with Gasteiger partial charge in [0, 0.05) is 22.5 Å². The number of aromatic nitrogens is 2. The van der Waals surface area contributed by atoms with Crippen molar-refractivity contribution in [2.24, 2.45) is 0 Å². The first-order valence-electron chi connectivity index (χ1n) is 7.60. The van der Waals surface area contributed by atoms with Gasteiger partial charge in [0.2, 0.25) is 5.91 Å². The Kier molecular flexibility index (Phi) is 7.61. The zero-order valence-corrected chi connectivity index (χ0v) is 15.9. The number of carboxylic acids is 1. The van der Waals surface area contributed by atoms with E-state index in [9.17, 15) is 22.4 Å². The number of thiazole rings is 2. The fourth-order valence-electron chi connectivity index (χ4n) is 1.71. The van der Waals surface area contributed by atoms with Crippen LogP contribution in [0.2, 0.25) is 0 Å². The SMILES string of the molecule is O=C(CNc1nc(-c2ccc(F)cc2)cs1)Nc1nccs1.O=C(O)C(F)(F)F. The van der Waals surface area contributed by atoms with Crippen molar-refractivity contribution in [3.63, 3.8) is 0 Å². The molecule has 0 aliphatic rings. The summed E-state index contributed by atoms with van der Waals surface area (Å²) in [4.78, 5) is 29.0. The van der Waals surface area contributed by atoms with Gasteiger partial charge in [-0.05, 0) is 24.3 Å². The molecule has 154 valence electrons. The second-order valence-electron chi connectivity index (χ2n) is 5.09. The Balaban J connectivity index is 0.000000370. The average molecular weight is 448 g/mol. The summed E-state index contributed by atoms with van der Waals surface area (Å²) in [6.07, 6.45) is -3.45. The molecule has 2 heterocycles. The van der Waals surface area contributed by atoms with Gasteiger partial charge in [-0.15, -0.1) is 22.7 Å². The first-order chi connectivity index (χ1) is 13.6. The topological polar surface area (TPSA) is 104 Å². The number of carboxylic acid groups (broad SMARTS) is 1. The van der Waals surface area contributed by atoms with Crippen LogP contribution in [0.15, 0.2) is 41.2 Å². The molecule has 0 fully saturated rings. The van der Waals surface area contributed by atoms with Crippen LogP contribution in [0.4, 0.5) is 27.8 Å². The van der Waals surface area contributed by atoms with E-state index in [0.29, 0.717) is 10.3 Å². The Morgan fingerprint density at radius 3 is 2.31 bits per heavy atom. The highest BCUT2D eigenvalue weighted by atomic mass is 32.1. The molecule has 13 heteroatoms. The van der Waals surface area contributed by atoms with E-state index in [-0.39, 0.29) is 18.3 Å². The van der Waals surface area contributed by atoms with Gasteiger partial charge in [0.25, 0.3) is 0 Å². The van der Waals surface area contributed by atoms with Gasteiger partial charge in [-0.3, -0.25) is 4.79 Å². The van der Waals surface area contributed by atoms with Crippen LogP contribution in [0.5, 0.6) is 0 Å². The van der Waals surface area contributed by atoms with Gasteiger partial charge in [0.1, 0.15) is 5.82 Å². The zero-order chi connectivity index (χ0) is 21.4. The van der Waals surface area contributed by atoms with Gasteiger partial charge in [0.15, 0.2) is 10.3 Å². The van der Waals surface area contributed by atoms with Crippen LogP contribution < -0.4 is 10.6 Å². The van der Waals surface area contributed by atoms with E-state index in [1.54, 1.807) is 23.7 Å². The fraction of sp³-hybridized carbons (Fsp3) is 0.125. The summed E-state index contributed by atoms with van der Waals surface area (Å²) in [5.74, 6) is -3.22. The Labute approximate surface area is 169 Å². The van der Waals surface area contributed by atoms with Crippen molar-refractivity contribution < 1.29 is 32.3 Å². The lowest BCUT2D eigenvalue weighted by atomic mass is 10.2. The van der Waals surface area contributed by atoms with E-state index < -0.39 is 12.1 Å². The minimum Gasteiger partial charge on any atom is -0.475 e. The maximum Gasteiger partial charge on any atom is 0.490 e. The van der Waals surface area contributed by atoms with Gasteiger partial charge >= 0.3 is 12.1 Å². The van der Waals surface area contributed by atoms with Gasteiger partial charge in [-0.1, -0.05) is 0 Å². The average Bonchev–Trinajstić information content (AvgIpc) is 3.32. The number of hydrogen-bond acceptors (Lipinski definition) is 7. The molecule has 0 aliphatic heterocycles. The summed E-state index contributed by atoms with van der Waals surface area (Å²) in [5, 5.41) is 17.6. The van der Waals surface area contributed by atoms with Gasteiger partial charge in [-0.2, -0.15) is 13.2 Å². The molecule has 3 rings (SSSR count). The molecule has 1 amide bonds. The van der Waals surface area contributed by atoms with Crippen molar-refractivity contribution in [1.82, 2.24) is 9.97 Å². The monoisotopic (exact) mass is 448 g/mol. The Hall–Kier alpha value is -3.06. The lowest BCUT2D eigenvalue weighted by Crippen LogP contribution is -2.21. The van der Waals surface area contributed by atoms with Crippen molar-refractivity contribution in [1.29, 1.82) is 0 Å². The number of nitrogens with one attached hydrogen (secondary N) is 2. The molecule has 2 aromatic heterocycles. The molecule has 29 heavy (non-hydrogen) atoms. The standard InChI is InChI=1S/C14H11FN4OS2.C2HF3O2/c15-10-3-1-9(2-4-10)11-8-22-14(18-11)17-7-12(20)19-13-16-5-6-21-13;3-2(4,5)1(6)7/h1-6,8H,7H2,(H,17,18)(H,16,19,20);(H,6,7). The first kappa shape index (κ1) is 22.2. The minimum atomic E-state index is -5.08. The Morgan fingerprint density at radius 1 is 1.10 bits per heavy atom. The minimum absolute atomic E-state index is 0.107. The van der Waals surface area contributed by atoms with Gasteiger partial charge in [-0.25, -0.2) is 19.2 Å². The number of alkyl halides is 3. The predicted molar refractivity (Wildman–Crippen MR) is 100 cm³/mol. The summed E-state index contributed by atoms with van der Waals surface area (Å²) in [6, 6.07) is 6.12. The molecular weight excluding hydrogens is 436 g/mol. The molecule has 1 aromatic carbocycles. The van der Waals surface area contributed by atoms with Crippen molar-refractivity contribution in [2.45, 2.75) is 6.18 Å². The van der Waals surface area contributed by atoms with Crippen LogP contribution in [0.25, 0.3) is 11.3 Å². The summed E-state index contributed by atoms with van der Waals surface area (Å²) in [7, 11) is 0. The van der Waals surface area contributed by atoms with Crippen molar-refractivity contribution in [3.05, 3.63) is 47.0 Å². The summed E-state index contributed by atoms with van der Waals surface area (Å²) < 4.78 is 44.6. The summed E-state index contributed by atoms with van der Waals surface area (Å²) in [5.41, 5.74) is 1.57. The third-order valence-electron chi connectivity index (χ3n) is 2.97. The lowest BCUT2D eigenvalue weighted by Gasteiger charge is -2.02. The predicted octanol–water partition coefficient (Wildman–Crippen LogP) is 4.09. The molecule has 0 radical (unpaired) electrons. The van der Waals surface area contributed by atoms with Gasteiger partial charge < -0.3 is 15.7 Å². The largest absolute Gasteiger partial charge is 0.490 e. The van der Waals surface area contributed by atoms with Crippen LogP contribution in [0.1, 0.15) is 0 Å². The van der Waals surface area contributed by atoms with Crippen molar-refractivity contribution in [2.75, 3.05) is 17.2 Å². The molecule has 7 nitrogen and oxygen atoms in total. The third-order valence-corrected chi connectivity index (χ3v) is 4.45. The number of aliphatic carboxylic acids is 1. The molecule has 0 spiro atoms. The van der Waals surface area contributed by atoms with E-state index in [2.05, 4.69) is 20.6 Å². The second-order valence-corrected chi connectivity index (χ2v) is 6.84. The number of hydrogen-bond donors (Lipinski definition) is 3. The Morgan fingerprint density at radius 2 is 1.76 bits per heavy atom.